The molecule has 0 unspecified atom stereocenters. The first-order chi connectivity index (χ1) is 15.0. The zero-order valence-electron chi connectivity index (χ0n) is 21.0. The predicted molar refractivity (Wildman–Crippen MR) is 126 cm³/mol. The maximum Gasteiger partial charge on any atom is 0.222 e. The number of carbonyl (C=O) groups excluding carboxylic acids is 1. The van der Waals surface area contributed by atoms with E-state index in [2.05, 4.69) is 20.8 Å². The summed E-state index contributed by atoms with van der Waals surface area (Å²) in [6, 6.07) is 0. The van der Waals surface area contributed by atoms with Crippen LogP contribution in [0.25, 0.3) is 0 Å². The van der Waals surface area contributed by atoms with E-state index in [0.29, 0.717) is 36.0 Å². The SMILES string of the molecule is C[C@H](CCCC(=O)N(C)C)[C@H]1CC[C@H]2[C@@H]3[C@H](O)C[C@@H]4C[C@H](O)CC[C@]4(C)[C@H]3C[C@H](O)[C@]12C. The van der Waals surface area contributed by atoms with Crippen LogP contribution in [0, 0.1) is 46.3 Å². The molecular formula is C27H47NO4. The van der Waals surface area contributed by atoms with Crippen molar-refractivity contribution >= 4 is 5.91 Å². The van der Waals surface area contributed by atoms with E-state index >= 15 is 0 Å². The van der Waals surface area contributed by atoms with Crippen LogP contribution in [-0.2, 0) is 4.79 Å². The predicted octanol–water partition coefficient (Wildman–Crippen LogP) is 3.84. The standard InChI is InChI=1S/C27H47NO4/c1-16(7-6-8-24(32)28(4)5)19-9-10-20-25-21(15-23(31)27(19,20)3)26(2)12-11-18(29)13-17(26)14-22(25)30/h16-23,25,29-31H,6-15H2,1-5H3/t16-,17+,18-,19-,20+,21+,22-,23+,25+,26+,27-/m1/s1. The largest absolute Gasteiger partial charge is 0.393 e. The number of aliphatic hydroxyl groups excluding tert-OH is 3. The maximum atomic E-state index is 12.0. The summed E-state index contributed by atoms with van der Waals surface area (Å²) in [5.74, 6) is 2.47. The van der Waals surface area contributed by atoms with Crippen LogP contribution in [0.1, 0.15) is 85.0 Å². The second-order valence-corrected chi connectivity index (χ2v) is 12.7. The molecule has 32 heavy (non-hydrogen) atoms. The van der Waals surface area contributed by atoms with Crippen LogP contribution in [-0.4, -0.2) is 58.5 Å². The van der Waals surface area contributed by atoms with E-state index in [9.17, 15) is 20.1 Å². The minimum Gasteiger partial charge on any atom is -0.393 e. The summed E-state index contributed by atoms with van der Waals surface area (Å²) in [5, 5.41) is 33.3. The van der Waals surface area contributed by atoms with Crippen molar-refractivity contribution in [3.05, 3.63) is 0 Å². The Hall–Kier alpha value is -0.650. The average molecular weight is 450 g/mol. The summed E-state index contributed by atoms with van der Waals surface area (Å²) in [6.45, 7) is 7.01. The topological polar surface area (TPSA) is 81.0 Å². The molecular weight excluding hydrogens is 402 g/mol. The molecule has 0 aromatic carbocycles. The lowest BCUT2D eigenvalue weighted by molar-refractivity contribution is -0.207. The zero-order chi connectivity index (χ0) is 23.4. The van der Waals surface area contributed by atoms with Crippen LogP contribution in [0.2, 0.25) is 0 Å². The Labute approximate surface area is 195 Å². The molecule has 3 N–H and O–H groups in total. The monoisotopic (exact) mass is 449 g/mol. The Morgan fingerprint density at radius 1 is 1.03 bits per heavy atom. The molecule has 4 aliphatic carbocycles. The Balaban J connectivity index is 1.51. The summed E-state index contributed by atoms with van der Waals surface area (Å²) in [7, 11) is 3.63. The molecule has 0 spiro atoms. The van der Waals surface area contributed by atoms with Gasteiger partial charge >= 0.3 is 0 Å². The summed E-state index contributed by atoms with van der Waals surface area (Å²) in [6.07, 6.45) is 8.15. The molecule has 5 nitrogen and oxygen atoms in total. The van der Waals surface area contributed by atoms with Gasteiger partial charge in [0, 0.05) is 20.5 Å². The van der Waals surface area contributed by atoms with Crippen LogP contribution >= 0.6 is 0 Å². The number of fused-ring (bicyclic) bond motifs is 5. The molecule has 0 bridgehead atoms. The highest BCUT2D eigenvalue weighted by Gasteiger charge is 2.65. The second-order valence-electron chi connectivity index (χ2n) is 12.7. The minimum atomic E-state index is -0.332. The van der Waals surface area contributed by atoms with Gasteiger partial charge in [-0.1, -0.05) is 20.8 Å². The fourth-order valence-corrected chi connectivity index (χ4v) is 9.13. The first-order valence-corrected chi connectivity index (χ1v) is 13.2. The molecule has 0 aliphatic heterocycles. The van der Waals surface area contributed by atoms with Crippen molar-refractivity contribution in [3.63, 3.8) is 0 Å². The molecule has 4 saturated carbocycles. The normalized spacial score (nSPS) is 49.0. The van der Waals surface area contributed by atoms with Crippen LogP contribution in [0.3, 0.4) is 0 Å². The van der Waals surface area contributed by atoms with Crippen molar-refractivity contribution in [1.82, 2.24) is 4.90 Å². The van der Waals surface area contributed by atoms with Gasteiger partial charge in [-0.05, 0) is 104 Å². The van der Waals surface area contributed by atoms with Gasteiger partial charge in [0.25, 0.3) is 0 Å². The van der Waals surface area contributed by atoms with E-state index in [-0.39, 0.29) is 41.0 Å². The molecule has 5 heteroatoms. The smallest absolute Gasteiger partial charge is 0.222 e. The maximum absolute atomic E-state index is 12.0. The molecule has 0 saturated heterocycles. The van der Waals surface area contributed by atoms with Crippen LogP contribution in [0.15, 0.2) is 0 Å². The van der Waals surface area contributed by atoms with Crippen molar-refractivity contribution in [2.75, 3.05) is 14.1 Å². The van der Waals surface area contributed by atoms with Crippen molar-refractivity contribution in [1.29, 1.82) is 0 Å². The van der Waals surface area contributed by atoms with E-state index in [1.54, 1.807) is 4.90 Å². The molecule has 0 radical (unpaired) electrons. The molecule has 0 aromatic heterocycles. The molecule has 11 atom stereocenters. The van der Waals surface area contributed by atoms with E-state index in [1.807, 2.05) is 14.1 Å². The van der Waals surface area contributed by atoms with Crippen LogP contribution in [0.4, 0.5) is 0 Å². The first kappa shape index (κ1) is 24.5. The van der Waals surface area contributed by atoms with E-state index in [4.69, 9.17) is 0 Å². The average Bonchev–Trinajstić information content (AvgIpc) is 3.08. The van der Waals surface area contributed by atoms with Gasteiger partial charge in [-0.25, -0.2) is 0 Å². The highest BCUT2D eigenvalue weighted by atomic mass is 16.3. The highest BCUT2D eigenvalue weighted by molar-refractivity contribution is 5.75. The second kappa shape index (κ2) is 8.85. The molecule has 4 aliphatic rings. The Morgan fingerprint density at radius 3 is 2.44 bits per heavy atom. The van der Waals surface area contributed by atoms with Gasteiger partial charge < -0.3 is 20.2 Å². The van der Waals surface area contributed by atoms with Crippen molar-refractivity contribution in [2.45, 2.75) is 103 Å². The minimum absolute atomic E-state index is 0.127. The van der Waals surface area contributed by atoms with Gasteiger partial charge in [0.1, 0.15) is 0 Å². The fourth-order valence-electron chi connectivity index (χ4n) is 9.13. The van der Waals surface area contributed by atoms with Crippen molar-refractivity contribution in [2.24, 2.45) is 46.3 Å². The third kappa shape index (κ3) is 3.84. The molecule has 4 rings (SSSR count). The number of hydrogen-bond donors (Lipinski definition) is 3. The number of nitrogens with zero attached hydrogens (tertiary/aromatic N) is 1. The van der Waals surface area contributed by atoms with E-state index in [1.165, 1.54) is 0 Å². The van der Waals surface area contributed by atoms with Crippen molar-refractivity contribution in [3.8, 4) is 0 Å². The molecule has 1 amide bonds. The first-order valence-electron chi connectivity index (χ1n) is 13.2. The molecule has 0 aromatic rings. The number of carbonyl (C=O) groups is 1. The Morgan fingerprint density at radius 2 is 1.75 bits per heavy atom. The lowest BCUT2D eigenvalue weighted by atomic mass is 9.43. The third-order valence-electron chi connectivity index (χ3n) is 11.1. The summed E-state index contributed by atoms with van der Waals surface area (Å²) < 4.78 is 0. The van der Waals surface area contributed by atoms with Gasteiger partial charge in [-0.15, -0.1) is 0 Å². The molecule has 0 heterocycles. The Kier molecular flexibility index (Phi) is 6.77. The van der Waals surface area contributed by atoms with Gasteiger partial charge in [0.15, 0.2) is 0 Å². The van der Waals surface area contributed by atoms with Gasteiger partial charge in [0.2, 0.25) is 5.91 Å². The number of aliphatic hydroxyl groups is 3. The van der Waals surface area contributed by atoms with Gasteiger partial charge in [0.05, 0.1) is 18.3 Å². The summed E-state index contributed by atoms with van der Waals surface area (Å²) in [4.78, 5) is 13.7. The van der Waals surface area contributed by atoms with Gasteiger partial charge in [-0.2, -0.15) is 0 Å². The molecule has 184 valence electrons. The quantitative estimate of drug-likeness (QED) is 0.596. The number of rotatable bonds is 5. The van der Waals surface area contributed by atoms with Gasteiger partial charge in [-0.3, -0.25) is 4.79 Å². The highest BCUT2D eigenvalue weighted by Crippen LogP contribution is 2.68. The zero-order valence-corrected chi connectivity index (χ0v) is 21.0. The fraction of sp³-hybridized carbons (Fsp3) is 0.963. The number of amides is 1. The lowest BCUT2D eigenvalue weighted by Crippen LogP contribution is -2.62. The third-order valence-corrected chi connectivity index (χ3v) is 11.1. The summed E-state index contributed by atoms with van der Waals surface area (Å²) in [5.41, 5.74) is -0.0216. The molecule has 4 fully saturated rings. The van der Waals surface area contributed by atoms with E-state index in [0.717, 1.165) is 57.8 Å². The number of hydrogen-bond acceptors (Lipinski definition) is 4. The summed E-state index contributed by atoms with van der Waals surface area (Å²) >= 11 is 0. The van der Waals surface area contributed by atoms with Crippen molar-refractivity contribution < 1.29 is 20.1 Å². The van der Waals surface area contributed by atoms with E-state index < -0.39 is 0 Å². The van der Waals surface area contributed by atoms with Crippen LogP contribution in [0.5, 0.6) is 0 Å². The Bertz CT molecular complexity index is 697. The van der Waals surface area contributed by atoms with Crippen LogP contribution < -0.4 is 0 Å². The lowest BCUT2D eigenvalue weighted by Gasteiger charge is -2.63.